The van der Waals surface area contributed by atoms with Gasteiger partial charge in [0, 0.05) is 31.2 Å². The van der Waals surface area contributed by atoms with Gasteiger partial charge in [0.05, 0.1) is 6.10 Å². The lowest BCUT2D eigenvalue weighted by atomic mass is 9.81. The summed E-state index contributed by atoms with van der Waals surface area (Å²) in [4.78, 5) is 22.8. The summed E-state index contributed by atoms with van der Waals surface area (Å²) in [5.74, 6) is 1.19. The Kier molecular flexibility index (Phi) is 6.21. The molecule has 1 saturated heterocycles. The zero-order chi connectivity index (χ0) is 21.2. The molecule has 0 spiro atoms. The molecule has 1 amide bonds. The Balaban J connectivity index is 1.48. The van der Waals surface area contributed by atoms with E-state index >= 15 is 0 Å². The Morgan fingerprint density at radius 1 is 1.21 bits per heavy atom. The van der Waals surface area contributed by atoms with Crippen LogP contribution in [0.1, 0.15) is 58.2 Å². The fourth-order valence-corrected chi connectivity index (χ4v) is 3.53. The van der Waals surface area contributed by atoms with Crippen LogP contribution in [0.5, 0.6) is 0 Å². The van der Waals surface area contributed by atoms with Crippen molar-refractivity contribution in [1.82, 2.24) is 15.3 Å². The molecular formula is C19H27F3N4O3. The third-order valence-electron chi connectivity index (χ3n) is 4.96. The van der Waals surface area contributed by atoms with E-state index in [-0.39, 0.29) is 24.8 Å². The number of halogens is 3. The minimum atomic E-state index is -4.60. The highest BCUT2D eigenvalue weighted by Crippen LogP contribution is 2.40. The smallest absolute Gasteiger partial charge is 0.444 e. The normalized spacial score (nSPS) is 23.4. The van der Waals surface area contributed by atoms with Gasteiger partial charge in [0.15, 0.2) is 0 Å². The molecule has 0 unspecified atom stereocenters. The van der Waals surface area contributed by atoms with E-state index in [1.165, 1.54) is 0 Å². The minimum absolute atomic E-state index is 0.0364. The zero-order valence-corrected chi connectivity index (χ0v) is 16.8. The lowest BCUT2D eigenvalue weighted by Gasteiger charge is -2.36. The van der Waals surface area contributed by atoms with Crippen LogP contribution >= 0.6 is 0 Å². The largest absolute Gasteiger partial charge is 0.522 e. The van der Waals surface area contributed by atoms with Gasteiger partial charge in [-0.05, 0) is 52.5 Å². The van der Waals surface area contributed by atoms with Crippen LogP contribution in [0.3, 0.4) is 0 Å². The van der Waals surface area contributed by atoms with Crippen LogP contribution in [0.4, 0.5) is 23.8 Å². The van der Waals surface area contributed by atoms with Crippen molar-refractivity contribution in [1.29, 1.82) is 0 Å². The molecule has 1 saturated carbocycles. The summed E-state index contributed by atoms with van der Waals surface area (Å²) in [5.41, 5.74) is -0.534. The summed E-state index contributed by atoms with van der Waals surface area (Å²) >= 11 is 0. The van der Waals surface area contributed by atoms with Crippen molar-refractivity contribution in [3.63, 3.8) is 0 Å². The second-order valence-corrected chi connectivity index (χ2v) is 8.53. The molecule has 0 bridgehead atoms. The van der Waals surface area contributed by atoms with Gasteiger partial charge in [-0.15, -0.1) is 13.2 Å². The van der Waals surface area contributed by atoms with E-state index in [0.717, 1.165) is 18.7 Å². The van der Waals surface area contributed by atoms with Gasteiger partial charge in [-0.1, -0.05) is 0 Å². The van der Waals surface area contributed by atoms with E-state index < -0.39 is 24.2 Å². The van der Waals surface area contributed by atoms with E-state index in [1.54, 1.807) is 12.3 Å². The topological polar surface area (TPSA) is 76.6 Å². The van der Waals surface area contributed by atoms with Crippen molar-refractivity contribution in [3.05, 3.63) is 18.1 Å². The molecule has 162 valence electrons. The summed E-state index contributed by atoms with van der Waals surface area (Å²) in [5, 5.41) is 2.89. The summed E-state index contributed by atoms with van der Waals surface area (Å²) in [6.45, 7) is 6.88. The number of hydrogen-bond acceptors (Lipinski definition) is 6. The molecule has 1 aliphatic carbocycles. The van der Waals surface area contributed by atoms with Crippen molar-refractivity contribution >= 4 is 11.9 Å². The van der Waals surface area contributed by atoms with Gasteiger partial charge in [-0.3, -0.25) is 4.74 Å². The van der Waals surface area contributed by atoms with Crippen molar-refractivity contribution in [2.24, 2.45) is 0 Å². The van der Waals surface area contributed by atoms with Crippen molar-refractivity contribution in [2.45, 2.75) is 76.5 Å². The quantitative estimate of drug-likeness (QED) is 0.806. The van der Waals surface area contributed by atoms with E-state index in [9.17, 15) is 18.0 Å². The van der Waals surface area contributed by atoms with Crippen LogP contribution in [0.25, 0.3) is 0 Å². The van der Waals surface area contributed by atoms with E-state index in [0.29, 0.717) is 18.9 Å². The van der Waals surface area contributed by atoms with E-state index in [2.05, 4.69) is 24.9 Å². The van der Waals surface area contributed by atoms with Gasteiger partial charge in [-0.2, -0.15) is 0 Å². The number of carbonyl (C=O) groups is 1. The highest BCUT2D eigenvalue weighted by molar-refractivity contribution is 5.68. The summed E-state index contributed by atoms with van der Waals surface area (Å²) in [7, 11) is 0. The number of nitrogens with zero attached hydrogens (tertiary/aromatic N) is 3. The Morgan fingerprint density at radius 3 is 2.45 bits per heavy atom. The molecular weight excluding hydrogens is 389 g/mol. The van der Waals surface area contributed by atoms with Crippen LogP contribution in [0.15, 0.2) is 12.3 Å². The maximum Gasteiger partial charge on any atom is 0.522 e. The number of aromatic nitrogens is 2. The fraction of sp³-hybridized carbons (Fsp3) is 0.737. The first-order chi connectivity index (χ1) is 13.5. The van der Waals surface area contributed by atoms with E-state index in [4.69, 9.17) is 4.74 Å². The van der Waals surface area contributed by atoms with E-state index in [1.807, 2.05) is 20.8 Å². The lowest BCUT2D eigenvalue weighted by molar-refractivity contribution is -0.352. The Bertz CT molecular complexity index is 709. The average molecular weight is 416 g/mol. The Hall–Kier alpha value is -2.10. The molecule has 29 heavy (non-hydrogen) atoms. The molecule has 3 rings (SSSR count). The van der Waals surface area contributed by atoms with Gasteiger partial charge < -0.3 is 15.0 Å². The number of piperidine rings is 1. The first kappa shape index (κ1) is 21.6. The number of rotatable bonds is 4. The average Bonchev–Trinajstić information content (AvgIpc) is 2.56. The number of anilines is 1. The highest BCUT2D eigenvalue weighted by atomic mass is 19.4. The number of ether oxygens (including phenoxy) is 2. The lowest BCUT2D eigenvalue weighted by Crippen LogP contribution is -2.46. The van der Waals surface area contributed by atoms with Gasteiger partial charge in [0.1, 0.15) is 17.2 Å². The van der Waals surface area contributed by atoms with Crippen molar-refractivity contribution in [2.75, 3.05) is 18.0 Å². The SMILES string of the molecule is CC(C)(C)OC(=O)NC1CCN(c2ccnc(C3CC(OC(F)(F)F)C3)n2)CC1. The maximum absolute atomic E-state index is 12.3. The molecule has 0 atom stereocenters. The number of hydrogen-bond donors (Lipinski definition) is 1. The predicted octanol–water partition coefficient (Wildman–Crippen LogP) is 3.75. The zero-order valence-electron chi connectivity index (χ0n) is 16.8. The molecule has 1 N–H and O–H groups in total. The minimum Gasteiger partial charge on any atom is -0.444 e. The van der Waals surface area contributed by atoms with Gasteiger partial charge >= 0.3 is 12.5 Å². The van der Waals surface area contributed by atoms with Crippen LogP contribution in [-0.2, 0) is 9.47 Å². The number of amides is 1. The van der Waals surface area contributed by atoms with Crippen LogP contribution < -0.4 is 10.2 Å². The number of alkyl halides is 3. The molecule has 1 aliphatic heterocycles. The van der Waals surface area contributed by atoms with Gasteiger partial charge in [-0.25, -0.2) is 14.8 Å². The van der Waals surface area contributed by atoms with Gasteiger partial charge in [0.2, 0.25) is 0 Å². The molecule has 1 aromatic rings. The number of alkyl carbamates (subject to hydrolysis) is 1. The monoisotopic (exact) mass is 416 g/mol. The highest BCUT2D eigenvalue weighted by Gasteiger charge is 2.41. The third kappa shape index (κ3) is 6.45. The predicted molar refractivity (Wildman–Crippen MR) is 99.5 cm³/mol. The molecule has 0 radical (unpaired) electrons. The van der Waals surface area contributed by atoms with Crippen LogP contribution in [-0.4, -0.2) is 53.3 Å². The maximum atomic E-state index is 12.3. The third-order valence-corrected chi connectivity index (χ3v) is 4.96. The standard InChI is InChI=1S/C19H27F3N4O3/c1-18(2,3)29-17(27)24-13-5-8-26(9-6-13)15-4-7-23-16(25-15)12-10-14(11-12)28-19(20,21)22/h4,7,12-14H,5-6,8-11H2,1-3H3,(H,24,27). The molecule has 2 heterocycles. The van der Waals surface area contributed by atoms with Crippen LogP contribution in [0, 0.1) is 0 Å². The molecule has 0 aromatic carbocycles. The Morgan fingerprint density at radius 2 is 1.86 bits per heavy atom. The Labute approximate surface area is 168 Å². The number of carbonyl (C=O) groups excluding carboxylic acids is 1. The molecule has 1 aromatic heterocycles. The van der Waals surface area contributed by atoms with Gasteiger partial charge in [0.25, 0.3) is 0 Å². The number of nitrogens with one attached hydrogen (secondary N) is 1. The summed E-state index contributed by atoms with van der Waals surface area (Å²) in [6.07, 6.45) is -2.15. The second-order valence-electron chi connectivity index (χ2n) is 8.53. The van der Waals surface area contributed by atoms with Crippen molar-refractivity contribution < 1.29 is 27.4 Å². The summed E-state index contributed by atoms with van der Waals surface area (Å²) in [6, 6.07) is 1.84. The molecule has 2 fully saturated rings. The fourth-order valence-electron chi connectivity index (χ4n) is 3.53. The summed E-state index contributed by atoms with van der Waals surface area (Å²) < 4.78 is 46.1. The van der Waals surface area contributed by atoms with Crippen LogP contribution in [0.2, 0.25) is 0 Å². The first-order valence-corrected chi connectivity index (χ1v) is 9.80. The van der Waals surface area contributed by atoms with Crippen molar-refractivity contribution in [3.8, 4) is 0 Å². The molecule has 7 nitrogen and oxygen atoms in total. The second kappa shape index (κ2) is 8.33. The molecule has 10 heteroatoms. The first-order valence-electron chi connectivity index (χ1n) is 9.80. The molecule has 2 aliphatic rings.